The number of nitrogens with zero attached hydrogens (tertiary/aromatic N) is 1. The van der Waals surface area contributed by atoms with Gasteiger partial charge < -0.3 is 10.1 Å². The van der Waals surface area contributed by atoms with E-state index < -0.39 is 4.92 Å². The van der Waals surface area contributed by atoms with Crippen molar-refractivity contribution in [2.45, 2.75) is 39.0 Å². The van der Waals surface area contributed by atoms with Crippen LogP contribution < -0.4 is 10.1 Å². The lowest BCUT2D eigenvalue weighted by Gasteiger charge is -2.08. The van der Waals surface area contributed by atoms with Gasteiger partial charge in [-0.15, -0.1) is 0 Å². The van der Waals surface area contributed by atoms with E-state index in [9.17, 15) is 14.9 Å². The minimum absolute atomic E-state index is 0.0146. The number of ether oxygens (including phenoxy) is 1. The summed E-state index contributed by atoms with van der Waals surface area (Å²) in [6, 6.07) is 12.7. The predicted molar refractivity (Wildman–Crippen MR) is 102 cm³/mol. The van der Waals surface area contributed by atoms with Gasteiger partial charge in [0.15, 0.2) is 0 Å². The number of anilines is 1. The molecule has 26 heavy (non-hydrogen) atoms. The van der Waals surface area contributed by atoms with Crippen molar-refractivity contribution in [3.8, 4) is 5.75 Å². The average molecular weight is 356 g/mol. The molecule has 0 saturated carbocycles. The van der Waals surface area contributed by atoms with Crippen LogP contribution in [0.2, 0.25) is 0 Å². The molecule has 6 heteroatoms. The van der Waals surface area contributed by atoms with Crippen LogP contribution in [0.4, 0.5) is 11.4 Å². The minimum atomic E-state index is -0.478. The normalized spacial score (nSPS) is 10.3. The fourth-order valence-corrected chi connectivity index (χ4v) is 2.47. The van der Waals surface area contributed by atoms with Gasteiger partial charge in [0.05, 0.1) is 11.5 Å². The molecule has 0 aliphatic rings. The van der Waals surface area contributed by atoms with E-state index in [4.69, 9.17) is 4.74 Å². The second-order valence-electron chi connectivity index (χ2n) is 6.05. The third-order valence-corrected chi connectivity index (χ3v) is 3.97. The average Bonchev–Trinajstić information content (AvgIpc) is 2.65. The zero-order valence-corrected chi connectivity index (χ0v) is 14.9. The minimum Gasteiger partial charge on any atom is -0.494 e. The summed E-state index contributed by atoms with van der Waals surface area (Å²) >= 11 is 0. The lowest BCUT2D eigenvalue weighted by molar-refractivity contribution is -0.384. The number of carbonyl (C=O) groups excluding carboxylic acids is 1. The predicted octanol–water partition coefficient (Wildman–Crippen LogP) is 5.20. The van der Waals surface area contributed by atoms with Crippen LogP contribution in [0.3, 0.4) is 0 Å². The van der Waals surface area contributed by atoms with Gasteiger partial charge in [-0.05, 0) is 42.8 Å². The van der Waals surface area contributed by atoms with Crippen LogP contribution in [-0.4, -0.2) is 17.4 Å². The molecule has 0 spiro atoms. The summed E-state index contributed by atoms with van der Waals surface area (Å²) in [5, 5.41) is 13.3. The van der Waals surface area contributed by atoms with Crippen LogP contribution >= 0.6 is 0 Å². The molecule has 0 fully saturated rings. The van der Waals surface area contributed by atoms with Gasteiger partial charge >= 0.3 is 0 Å². The maximum atomic E-state index is 12.2. The van der Waals surface area contributed by atoms with E-state index in [0.717, 1.165) is 12.2 Å². The van der Waals surface area contributed by atoms with Crippen molar-refractivity contribution < 1.29 is 14.5 Å². The molecule has 1 N–H and O–H groups in total. The Labute approximate surface area is 153 Å². The van der Waals surface area contributed by atoms with Crippen molar-refractivity contribution in [1.82, 2.24) is 0 Å². The number of nitro benzene ring substituents is 1. The summed E-state index contributed by atoms with van der Waals surface area (Å²) in [5.41, 5.74) is 0.992. The van der Waals surface area contributed by atoms with Gasteiger partial charge in [0.2, 0.25) is 0 Å². The molecule has 6 nitrogen and oxygen atoms in total. The Bertz CT molecular complexity index is 712. The molecule has 0 unspecified atom stereocenters. The summed E-state index contributed by atoms with van der Waals surface area (Å²) in [7, 11) is 0. The number of nitro groups is 1. The number of carbonyl (C=O) groups is 1. The summed E-state index contributed by atoms with van der Waals surface area (Å²) in [6.45, 7) is 2.87. The lowest BCUT2D eigenvalue weighted by atomic mass is 10.1. The Kier molecular flexibility index (Phi) is 7.61. The molecule has 0 bridgehead atoms. The number of benzene rings is 2. The van der Waals surface area contributed by atoms with Crippen LogP contribution in [0.5, 0.6) is 5.75 Å². The Morgan fingerprint density at radius 1 is 1.00 bits per heavy atom. The van der Waals surface area contributed by atoms with E-state index in [1.807, 2.05) is 0 Å². The maximum absolute atomic E-state index is 12.2. The van der Waals surface area contributed by atoms with Crippen LogP contribution in [0, 0.1) is 10.1 Å². The van der Waals surface area contributed by atoms with Gasteiger partial charge in [0.1, 0.15) is 5.75 Å². The van der Waals surface area contributed by atoms with E-state index in [1.165, 1.54) is 49.9 Å². The molecule has 0 radical (unpaired) electrons. The zero-order valence-electron chi connectivity index (χ0n) is 14.9. The molecule has 0 heterocycles. The monoisotopic (exact) mass is 356 g/mol. The summed E-state index contributed by atoms with van der Waals surface area (Å²) < 4.78 is 5.68. The van der Waals surface area contributed by atoms with Crippen LogP contribution in [0.1, 0.15) is 49.4 Å². The van der Waals surface area contributed by atoms with Crippen molar-refractivity contribution in [2.75, 3.05) is 11.9 Å². The van der Waals surface area contributed by atoms with Gasteiger partial charge in [0, 0.05) is 23.4 Å². The Morgan fingerprint density at radius 3 is 2.27 bits per heavy atom. The standard InChI is InChI=1S/C20H24N2O4/c1-2-3-4-5-6-15-26-19-13-7-16(8-14-19)20(23)21-17-9-11-18(12-10-17)22(24)25/h7-14H,2-6,15H2,1H3,(H,21,23). The third kappa shape index (κ3) is 6.20. The fraction of sp³-hybridized carbons (Fsp3) is 0.350. The highest BCUT2D eigenvalue weighted by Gasteiger charge is 2.08. The molecule has 2 rings (SSSR count). The first kappa shape index (κ1) is 19.4. The topological polar surface area (TPSA) is 81.5 Å². The van der Waals surface area contributed by atoms with E-state index in [0.29, 0.717) is 17.9 Å². The Balaban J connectivity index is 1.81. The maximum Gasteiger partial charge on any atom is 0.269 e. The Morgan fingerprint density at radius 2 is 1.65 bits per heavy atom. The molecular weight excluding hydrogens is 332 g/mol. The number of nitrogens with one attached hydrogen (secondary N) is 1. The highest BCUT2D eigenvalue weighted by molar-refractivity contribution is 6.04. The van der Waals surface area contributed by atoms with Crippen LogP contribution in [-0.2, 0) is 0 Å². The van der Waals surface area contributed by atoms with Gasteiger partial charge in [-0.25, -0.2) is 0 Å². The summed E-state index contributed by atoms with van der Waals surface area (Å²) in [4.78, 5) is 22.4. The van der Waals surface area contributed by atoms with E-state index in [2.05, 4.69) is 12.2 Å². The molecule has 0 saturated heterocycles. The molecule has 2 aromatic rings. The number of unbranched alkanes of at least 4 members (excludes halogenated alkanes) is 4. The summed E-state index contributed by atoms with van der Waals surface area (Å²) in [6.07, 6.45) is 5.93. The Hall–Kier alpha value is -2.89. The fourth-order valence-electron chi connectivity index (χ4n) is 2.47. The van der Waals surface area contributed by atoms with E-state index in [-0.39, 0.29) is 11.6 Å². The van der Waals surface area contributed by atoms with Crippen LogP contribution in [0.25, 0.3) is 0 Å². The van der Waals surface area contributed by atoms with Crippen molar-refractivity contribution in [3.63, 3.8) is 0 Å². The van der Waals surface area contributed by atoms with Gasteiger partial charge in [-0.1, -0.05) is 32.6 Å². The molecule has 0 atom stereocenters. The SMILES string of the molecule is CCCCCCCOc1ccc(C(=O)Nc2ccc([N+](=O)[O-])cc2)cc1. The number of rotatable bonds is 10. The van der Waals surface area contributed by atoms with Crippen molar-refractivity contribution in [1.29, 1.82) is 0 Å². The lowest BCUT2D eigenvalue weighted by Crippen LogP contribution is -2.11. The molecule has 0 aliphatic carbocycles. The number of non-ortho nitro benzene ring substituents is 1. The number of hydrogen-bond donors (Lipinski definition) is 1. The second kappa shape index (κ2) is 10.2. The van der Waals surface area contributed by atoms with E-state index in [1.54, 1.807) is 24.3 Å². The molecule has 0 aromatic heterocycles. The van der Waals surface area contributed by atoms with Crippen molar-refractivity contribution in [2.24, 2.45) is 0 Å². The summed E-state index contributed by atoms with van der Waals surface area (Å²) in [5.74, 6) is 0.470. The molecule has 2 aromatic carbocycles. The first-order chi connectivity index (χ1) is 12.6. The first-order valence-corrected chi connectivity index (χ1v) is 8.89. The van der Waals surface area contributed by atoms with Crippen molar-refractivity contribution in [3.05, 3.63) is 64.2 Å². The van der Waals surface area contributed by atoms with Gasteiger partial charge in [-0.3, -0.25) is 14.9 Å². The van der Waals surface area contributed by atoms with E-state index >= 15 is 0 Å². The van der Waals surface area contributed by atoms with Gasteiger partial charge in [-0.2, -0.15) is 0 Å². The third-order valence-electron chi connectivity index (χ3n) is 3.97. The van der Waals surface area contributed by atoms with Crippen molar-refractivity contribution >= 4 is 17.3 Å². The molecule has 0 aliphatic heterocycles. The zero-order chi connectivity index (χ0) is 18.8. The second-order valence-corrected chi connectivity index (χ2v) is 6.05. The van der Waals surface area contributed by atoms with Gasteiger partial charge in [0.25, 0.3) is 11.6 Å². The van der Waals surface area contributed by atoms with Crippen LogP contribution in [0.15, 0.2) is 48.5 Å². The highest BCUT2D eigenvalue weighted by atomic mass is 16.6. The first-order valence-electron chi connectivity index (χ1n) is 8.89. The largest absolute Gasteiger partial charge is 0.494 e. The molecular formula is C20H24N2O4. The smallest absolute Gasteiger partial charge is 0.269 e. The highest BCUT2D eigenvalue weighted by Crippen LogP contribution is 2.18. The molecule has 1 amide bonds. The molecule has 138 valence electrons. The number of hydrogen-bond acceptors (Lipinski definition) is 4. The number of amides is 1. The quantitative estimate of drug-likeness (QED) is 0.360.